The fraction of sp³-hybridized carbons (Fsp3) is 0.222. The van der Waals surface area contributed by atoms with Gasteiger partial charge in [0.1, 0.15) is 0 Å². The van der Waals surface area contributed by atoms with Crippen molar-refractivity contribution in [2.45, 2.75) is 25.9 Å². The lowest BCUT2D eigenvalue weighted by molar-refractivity contribution is 0.176. The monoisotopic (exact) mass is 282 g/mol. The minimum Gasteiger partial charge on any atom is -0.392 e. The fourth-order valence-corrected chi connectivity index (χ4v) is 3.60. The first kappa shape index (κ1) is 13.3. The molecule has 1 unspecified atom stereocenters. The molecule has 0 radical (unpaired) electrons. The van der Waals surface area contributed by atoms with Gasteiger partial charge in [0.2, 0.25) is 0 Å². The van der Waals surface area contributed by atoms with Gasteiger partial charge in [-0.2, -0.15) is 0 Å². The Balaban J connectivity index is 1.74. The molecule has 0 saturated heterocycles. The van der Waals surface area contributed by atoms with Crippen LogP contribution >= 0.6 is 11.3 Å². The van der Waals surface area contributed by atoms with Gasteiger partial charge >= 0.3 is 0 Å². The number of hydrogen-bond donors (Lipinski definition) is 1. The molecule has 3 rings (SSSR count). The van der Waals surface area contributed by atoms with E-state index >= 15 is 0 Å². The second kappa shape index (κ2) is 5.78. The molecule has 0 aliphatic heterocycles. The normalized spacial score (nSPS) is 12.7. The minimum atomic E-state index is -0.324. The number of hydrogen-bond acceptors (Lipinski definition) is 2. The van der Waals surface area contributed by atoms with Crippen LogP contribution in [0.3, 0.4) is 0 Å². The van der Waals surface area contributed by atoms with Crippen molar-refractivity contribution in [2.75, 3.05) is 0 Å². The van der Waals surface area contributed by atoms with Crippen LogP contribution in [0, 0.1) is 6.92 Å². The largest absolute Gasteiger partial charge is 0.392 e. The highest BCUT2D eigenvalue weighted by molar-refractivity contribution is 7.17. The molecule has 0 saturated carbocycles. The third kappa shape index (κ3) is 2.92. The number of rotatable bonds is 4. The van der Waals surface area contributed by atoms with Gasteiger partial charge in [-0.1, -0.05) is 48.0 Å². The van der Waals surface area contributed by atoms with E-state index in [1.165, 1.54) is 26.8 Å². The number of aliphatic hydroxyl groups is 1. The molecule has 1 heterocycles. The highest BCUT2D eigenvalue weighted by Crippen LogP contribution is 2.27. The summed E-state index contributed by atoms with van der Waals surface area (Å²) in [6.07, 6.45) is 1.11. The van der Waals surface area contributed by atoms with Crippen LogP contribution in [0.25, 0.3) is 10.1 Å². The van der Waals surface area contributed by atoms with Crippen molar-refractivity contribution in [3.05, 3.63) is 70.6 Å². The van der Waals surface area contributed by atoms with Crippen molar-refractivity contribution < 1.29 is 5.11 Å². The highest BCUT2D eigenvalue weighted by Gasteiger charge is 2.10. The molecule has 20 heavy (non-hydrogen) atoms. The Labute approximate surface area is 123 Å². The molecule has 1 N–H and O–H groups in total. The summed E-state index contributed by atoms with van der Waals surface area (Å²) in [4.78, 5) is 0. The average molecular weight is 282 g/mol. The maximum atomic E-state index is 10.3. The van der Waals surface area contributed by atoms with Gasteiger partial charge in [0.15, 0.2) is 0 Å². The topological polar surface area (TPSA) is 20.2 Å². The summed E-state index contributed by atoms with van der Waals surface area (Å²) >= 11 is 1.75. The van der Waals surface area contributed by atoms with Gasteiger partial charge in [-0.15, -0.1) is 11.3 Å². The van der Waals surface area contributed by atoms with E-state index in [0.717, 1.165) is 6.42 Å². The van der Waals surface area contributed by atoms with Crippen molar-refractivity contribution in [1.82, 2.24) is 0 Å². The summed E-state index contributed by atoms with van der Waals surface area (Å²) in [6, 6.07) is 16.8. The van der Waals surface area contributed by atoms with E-state index in [9.17, 15) is 5.11 Å². The number of thiophene rings is 1. The summed E-state index contributed by atoms with van der Waals surface area (Å²) < 4.78 is 1.30. The summed E-state index contributed by atoms with van der Waals surface area (Å²) in [5.41, 5.74) is 3.71. The SMILES string of the molecule is Cc1cccc(CC(O)Cc2csc3ccccc23)c1. The predicted octanol–water partition coefficient (Wildman–Crippen LogP) is 4.36. The molecule has 102 valence electrons. The van der Waals surface area contributed by atoms with Gasteiger partial charge in [0.05, 0.1) is 6.10 Å². The molecule has 2 aromatic carbocycles. The average Bonchev–Trinajstić information content (AvgIpc) is 2.82. The zero-order chi connectivity index (χ0) is 13.9. The van der Waals surface area contributed by atoms with Crippen LogP contribution < -0.4 is 0 Å². The second-order valence-corrected chi connectivity index (χ2v) is 6.22. The molecular weight excluding hydrogens is 264 g/mol. The van der Waals surface area contributed by atoms with Crippen molar-refractivity contribution in [2.24, 2.45) is 0 Å². The summed E-state index contributed by atoms with van der Waals surface area (Å²) in [5, 5.41) is 13.8. The molecule has 0 bridgehead atoms. The first-order chi connectivity index (χ1) is 9.72. The zero-order valence-electron chi connectivity index (χ0n) is 11.5. The standard InChI is InChI=1S/C18H18OS/c1-13-5-4-6-14(9-13)10-16(19)11-15-12-20-18-8-3-2-7-17(15)18/h2-9,12,16,19H,10-11H2,1H3. The van der Waals surface area contributed by atoms with Crippen molar-refractivity contribution in [1.29, 1.82) is 0 Å². The molecule has 1 nitrogen and oxygen atoms in total. The van der Waals surface area contributed by atoms with Crippen LogP contribution in [-0.2, 0) is 12.8 Å². The predicted molar refractivity (Wildman–Crippen MR) is 86.4 cm³/mol. The molecule has 2 heteroatoms. The molecule has 0 fully saturated rings. The van der Waals surface area contributed by atoms with E-state index in [1.807, 2.05) is 0 Å². The number of benzene rings is 2. The summed E-state index contributed by atoms with van der Waals surface area (Å²) in [5.74, 6) is 0. The van der Waals surface area contributed by atoms with Gasteiger partial charge in [-0.3, -0.25) is 0 Å². The lowest BCUT2D eigenvalue weighted by atomic mass is 10.00. The Morgan fingerprint density at radius 1 is 1.05 bits per heavy atom. The van der Waals surface area contributed by atoms with Gasteiger partial charge in [-0.25, -0.2) is 0 Å². The van der Waals surface area contributed by atoms with Crippen LogP contribution in [0.5, 0.6) is 0 Å². The lowest BCUT2D eigenvalue weighted by Gasteiger charge is -2.10. The van der Waals surface area contributed by atoms with Crippen LogP contribution in [0.4, 0.5) is 0 Å². The smallest absolute Gasteiger partial charge is 0.0621 e. The van der Waals surface area contributed by atoms with Crippen LogP contribution in [-0.4, -0.2) is 11.2 Å². The number of fused-ring (bicyclic) bond motifs is 1. The Kier molecular flexibility index (Phi) is 3.86. The van der Waals surface area contributed by atoms with Gasteiger partial charge in [0.25, 0.3) is 0 Å². The Bertz CT molecular complexity index is 714. The van der Waals surface area contributed by atoms with E-state index in [2.05, 4.69) is 60.8 Å². The van der Waals surface area contributed by atoms with E-state index < -0.39 is 0 Å². The first-order valence-corrected chi connectivity index (χ1v) is 7.79. The third-order valence-corrected chi connectivity index (χ3v) is 4.58. The van der Waals surface area contributed by atoms with E-state index in [-0.39, 0.29) is 6.10 Å². The third-order valence-electron chi connectivity index (χ3n) is 3.57. The molecular formula is C18H18OS. The lowest BCUT2D eigenvalue weighted by Crippen LogP contribution is -2.13. The Morgan fingerprint density at radius 3 is 2.75 bits per heavy atom. The molecule has 0 spiro atoms. The second-order valence-electron chi connectivity index (χ2n) is 5.31. The zero-order valence-corrected chi connectivity index (χ0v) is 12.4. The van der Waals surface area contributed by atoms with Crippen molar-refractivity contribution >= 4 is 21.4 Å². The maximum absolute atomic E-state index is 10.3. The molecule has 1 aromatic heterocycles. The molecule has 0 amide bonds. The maximum Gasteiger partial charge on any atom is 0.0621 e. The summed E-state index contributed by atoms with van der Waals surface area (Å²) in [6.45, 7) is 2.09. The number of aryl methyl sites for hydroxylation is 1. The molecule has 0 aliphatic rings. The van der Waals surface area contributed by atoms with Crippen LogP contribution in [0.15, 0.2) is 53.9 Å². The molecule has 1 atom stereocenters. The first-order valence-electron chi connectivity index (χ1n) is 6.91. The van der Waals surface area contributed by atoms with E-state index in [4.69, 9.17) is 0 Å². The van der Waals surface area contributed by atoms with Gasteiger partial charge < -0.3 is 5.11 Å². The van der Waals surface area contributed by atoms with Crippen molar-refractivity contribution in [3.63, 3.8) is 0 Å². The Hall–Kier alpha value is -1.64. The van der Waals surface area contributed by atoms with Crippen molar-refractivity contribution in [3.8, 4) is 0 Å². The number of aliphatic hydroxyl groups excluding tert-OH is 1. The Morgan fingerprint density at radius 2 is 1.90 bits per heavy atom. The molecule has 0 aliphatic carbocycles. The quantitative estimate of drug-likeness (QED) is 0.754. The minimum absolute atomic E-state index is 0.324. The van der Waals surface area contributed by atoms with E-state index in [1.54, 1.807) is 11.3 Å². The van der Waals surface area contributed by atoms with Gasteiger partial charge in [0, 0.05) is 11.1 Å². The van der Waals surface area contributed by atoms with Crippen LogP contribution in [0.2, 0.25) is 0 Å². The van der Waals surface area contributed by atoms with E-state index in [0.29, 0.717) is 6.42 Å². The van der Waals surface area contributed by atoms with Crippen LogP contribution in [0.1, 0.15) is 16.7 Å². The fourth-order valence-electron chi connectivity index (χ4n) is 2.63. The molecule has 3 aromatic rings. The highest BCUT2D eigenvalue weighted by atomic mass is 32.1. The van der Waals surface area contributed by atoms with Gasteiger partial charge in [-0.05, 0) is 41.3 Å². The summed E-state index contributed by atoms with van der Waals surface area (Å²) in [7, 11) is 0.